The molecule has 0 atom stereocenters. The van der Waals surface area contributed by atoms with E-state index in [1.807, 2.05) is 25.4 Å². The lowest BCUT2D eigenvalue weighted by atomic mass is 9.98. The summed E-state index contributed by atoms with van der Waals surface area (Å²) >= 11 is 0. The SMILES string of the molecule is CN=C(NCCc1ccccn1)NCC(C)(C)N1CCCCC1. The van der Waals surface area contributed by atoms with Crippen molar-refractivity contribution >= 4 is 5.96 Å². The third-order valence-electron chi connectivity index (χ3n) is 4.52. The van der Waals surface area contributed by atoms with Gasteiger partial charge >= 0.3 is 0 Å². The fourth-order valence-electron chi connectivity index (χ4n) is 2.99. The van der Waals surface area contributed by atoms with Crippen LogP contribution in [0.4, 0.5) is 0 Å². The van der Waals surface area contributed by atoms with Crippen LogP contribution in [-0.4, -0.2) is 54.6 Å². The number of hydrogen-bond donors (Lipinski definition) is 2. The second-order valence-electron chi connectivity index (χ2n) is 6.78. The van der Waals surface area contributed by atoms with Crippen LogP contribution in [-0.2, 0) is 6.42 Å². The summed E-state index contributed by atoms with van der Waals surface area (Å²) in [6.45, 7) is 8.77. The average molecular weight is 317 g/mol. The summed E-state index contributed by atoms with van der Waals surface area (Å²) < 4.78 is 0. The van der Waals surface area contributed by atoms with Crippen LogP contribution in [0, 0.1) is 0 Å². The van der Waals surface area contributed by atoms with Gasteiger partial charge in [0.15, 0.2) is 5.96 Å². The molecule has 1 aliphatic rings. The Morgan fingerprint density at radius 1 is 1.22 bits per heavy atom. The van der Waals surface area contributed by atoms with Crippen LogP contribution in [0.25, 0.3) is 0 Å². The molecule has 2 rings (SSSR count). The van der Waals surface area contributed by atoms with Crippen molar-refractivity contribution in [1.29, 1.82) is 0 Å². The maximum atomic E-state index is 4.34. The standard InChI is InChI=1S/C18H31N5/c1-18(2,23-13-7-4-8-14-23)15-22-17(19-3)21-12-10-16-9-5-6-11-20-16/h5-6,9,11H,4,7-8,10,12-15H2,1-3H3,(H2,19,21,22). The summed E-state index contributed by atoms with van der Waals surface area (Å²) in [4.78, 5) is 11.3. The molecular formula is C18H31N5. The first-order valence-corrected chi connectivity index (χ1v) is 8.71. The minimum absolute atomic E-state index is 0.152. The van der Waals surface area contributed by atoms with Crippen LogP contribution >= 0.6 is 0 Å². The number of pyridine rings is 1. The summed E-state index contributed by atoms with van der Waals surface area (Å²) in [5, 5.41) is 6.84. The Kier molecular flexibility index (Phi) is 6.84. The van der Waals surface area contributed by atoms with Gasteiger partial charge in [0.25, 0.3) is 0 Å². The second-order valence-corrected chi connectivity index (χ2v) is 6.78. The highest BCUT2D eigenvalue weighted by Gasteiger charge is 2.27. The second kappa shape index (κ2) is 8.87. The Morgan fingerprint density at radius 3 is 2.65 bits per heavy atom. The van der Waals surface area contributed by atoms with Crippen molar-refractivity contribution < 1.29 is 0 Å². The van der Waals surface area contributed by atoms with Crippen molar-refractivity contribution in [2.24, 2.45) is 4.99 Å². The average Bonchev–Trinajstić information content (AvgIpc) is 2.59. The third kappa shape index (κ3) is 5.82. The van der Waals surface area contributed by atoms with E-state index in [1.165, 1.54) is 32.4 Å². The van der Waals surface area contributed by atoms with Crippen molar-refractivity contribution in [3.05, 3.63) is 30.1 Å². The summed E-state index contributed by atoms with van der Waals surface area (Å²) in [5.41, 5.74) is 1.25. The van der Waals surface area contributed by atoms with E-state index in [2.05, 4.69) is 45.4 Å². The molecule has 0 saturated carbocycles. The van der Waals surface area contributed by atoms with E-state index in [0.29, 0.717) is 0 Å². The third-order valence-corrected chi connectivity index (χ3v) is 4.52. The maximum Gasteiger partial charge on any atom is 0.191 e. The summed E-state index contributed by atoms with van der Waals surface area (Å²) in [7, 11) is 1.82. The van der Waals surface area contributed by atoms with E-state index in [1.54, 1.807) is 0 Å². The minimum atomic E-state index is 0.152. The van der Waals surface area contributed by atoms with Gasteiger partial charge in [0.1, 0.15) is 0 Å². The molecule has 0 radical (unpaired) electrons. The van der Waals surface area contributed by atoms with Crippen LogP contribution in [0.1, 0.15) is 38.8 Å². The van der Waals surface area contributed by atoms with Gasteiger partial charge < -0.3 is 10.6 Å². The number of hydrogen-bond acceptors (Lipinski definition) is 3. The Balaban J connectivity index is 1.73. The molecule has 0 unspecified atom stereocenters. The number of aliphatic imine (C=N–C) groups is 1. The molecule has 2 heterocycles. The lowest BCUT2D eigenvalue weighted by Crippen LogP contribution is -2.55. The molecule has 23 heavy (non-hydrogen) atoms. The molecule has 1 saturated heterocycles. The smallest absolute Gasteiger partial charge is 0.191 e. The molecule has 0 aliphatic carbocycles. The van der Waals surface area contributed by atoms with Crippen molar-refractivity contribution in [1.82, 2.24) is 20.5 Å². The van der Waals surface area contributed by atoms with Crippen LogP contribution in [0.15, 0.2) is 29.4 Å². The molecule has 0 bridgehead atoms. The van der Waals surface area contributed by atoms with Gasteiger partial charge in [-0.15, -0.1) is 0 Å². The lowest BCUT2D eigenvalue weighted by molar-refractivity contribution is 0.0982. The first-order chi connectivity index (χ1) is 11.1. The van der Waals surface area contributed by atoms with E-state index >= 15 is 0 Å². The molecule has 2 N–H and O–H groups in total. The first-order valence-electron chi connectivity index (χ1n) is 8.71. The monoisotopic (exact) mass is 317 g/mol. The highest BCUT2D eigenvalue weighted by molar-refractivity contribution is 5.79. The summed E-state index contributed by atoms with van der Waals surface area (Å²) in [6.07, 6.45) is 6.75. The van der Waals surface area contributed by atoms with Crippen LogP contribution < -0.4 is 10.6 Å². The van der Waals surface area contributed by atoms with E-state index in [0.717, 1.165) is 31.2 Å². The van der Waals surface area contributed by atoms with Gasteiger partial charge in [0, 0.05) is 44.0 Å². The van der Waals surface area contributed by atoms with E-state index in [4.69, 9.17) is 0 Å². The number of aromatic nitrogens is 1. The van der Waals surface area contributed by atoms with Gasteiger partial charge in [0.2, 0.25) is 0 Å². The fourth-order valence-corrected chi connectivity index (χ4v) is 2.99. The largest absolute Gasteiger partial charge is 0.356 e. The predicted octanol–water partition coefficient (Wildman–Crippen LogP) is 2.05. The van der Waals surface area contributed by atoms with Crippen LogP contribution in [0.3, 0.4) is 0 Å². The molecule has 1 fully saturated rings. The number of nitrogens with one attached hydrogen (secondary N) is 2. The van der Waals surface area contributed by atoms with E-state index in [9.17, 15) is 0 Å². The van der Waals surface area contributed by atoms with Crippen LogP contribution in [0.2, 0.25) is 0 Å². The minimum Gasteiger partial charge on any atom is -0.356 e. The van der Waals surface area contributed by atoms with Gasteiger partial charge in [-0.1, -0.05) is 12.5 Å². The van der Waals surface area contributed by atoms with E-state index in [-0.39, 0.29) is 5.54 Å². The highest BCUT2D eigenvalue weighted by Crippen LogP contribution is 2.19. The van der Waals surface area contributed by atoms with Crippen LogP contribution in [0.5, 0.6) is 0 Å². The lowest BCUT2D eigenvalue weighted by Gasteiger charge is -2.41. The number of guanidine groups is 1. The quantitative estimate of drug-likeness (QED) is 0.623. The predicted molar refractivity (Wildman–Crippen MR) is 96.8 cm³/mol. The van der Waals surface area contributed by atoms with Gasteiger partial charge in [-0.3, -0.25) is 14.9 Å². The van der Waals surface area contributed by atoms with Gasteiger partial charge in [-0.2, -0.15) is 0 Å². The van der Waals surface area contributed by atoms with Crippen molar-refractivity contribution in [3.63, 3.8) is 0 Å². The molecule has 1 aromatic heterocycles. The van der Waals surface area contributed by atoms with E-state index < -0.39 is 0 Å². The van der Waals surface area contributed by atoms with Crippen molar-refractivity contribution in [2.45, 2.75) is 45.1 Å². The van der Waals surface area contributed by atoms with Gasteiger partial charge in [-0.05, 0) is 51.9 Å². The summed E-state index contributed by atoms with van der Waals surface area (Å²) in [6, 6.07) is 6.02. The van der Waals surface area contributed by atoms with Gasteiger partial charge in [0.05, 0.1) is 0 Å². The molecule has 1 aromatic rings. The maximum absolute atomic E-state index is 4.34. The zero-order valence-corrected chi connectivity index (χ0v) is 14.8. The Labute approximate surface area is 140 Å². The Morgan fingerprint density at radius 2 is 2.00 bits per heavy atom. The van der Waals surface area contributed by atoms with Crippen molar-refractivity contribution in [3.8, 4) is 0 Å². The van der Waals surface area contributed by atoms with Gasteiger partial charge in [-0.25, -0.2) is 0 Å². The molecule has 5 heteroatoms. The first kappa shape index (κ1) is 17.7. The molecule has 5 nitrogen and oxygen atoms in total. The zero-order valence-electron chi connectivity index (χ0n) is 14.8. The number of rotatable bonds is 6. The number of likely N-dealkylation sites (tertiary alicyclic amines) is 1. The molecular weight excluding hydrogens is 286 g/mol. The normalized spacial score (nSPS) is 17.1. The van der Waals surface area contributed by atoms with Crippen molar-refractivity contribution in [2.75, 3.05) is 33.2 Å². The zero-order chi connectivity index (χ0) is 16.5. The Hall–Kier alpha value is -1.62. The highest BCUT2D eigenvalue weighted by atomic mass is 15.2. The molecule has 0 spiro atoms. The molecule has 0 aromatic carbocycles. The molecule has 128 valence electrons. The molecule has 0 amide bonds. The fraction of sp³-hybridized carbons (Fsp3) is 0.667. The molecule has 1 aliphatic heterocycles. The number of nitrogens with zero attached hydrogens (tertiary/aromatic N) is 3. The number of piperidine rings is 1. The Bertz CT molecular complexity index is 477. The summed E-state index contributed by atoms with van der Waals surface area (Å²) in [5.74, 6) is 0.867. The topological polar surface area (TPSA) is 52.6 Å².